The van der Waals surface area contributed by atoms with Gasteiger partial charge >= 0.3 is 0 Å². The predicted octanol–water partition coefficient (Wildman–Crippen LogP) is 2.78. The zero-order valence-corrected chi connectivity index (χ0v) is 12.3. The van der Waals surface area contributed by atoms with Crippen LogP contribution in [-0.2, 0) is 6.54 Å². The third kappa shape index (κ3) is 4.02. The lowest BCUT2D eigenvalue weighted by atomic mass is 10.2. The van der Waals surface area contributed by atoms with Crippen LogP contribution in [0.15, 0.2) is 30.5 Å². The lowest BCUT2D eigenvalue weighted by Gasteiger charge is -2.09. The van der Waals surface area contributed by atoms with E-state index in [0.29, 0.717) is 6.61 Å². The van der Waals surface area contributed by atoms with Crippen LogP contribution >= 0.6 is 11.3 Å². The molecule has 0 atom stereocenters. The summed E-state index contributed by atoms with van der Waals surface area (Å²) >= 11 is 1.71. The van der Waals surface area contributed by atoms with E-state index in [0.717, 1.165) is 17.3 Å². The number of thiazole rings is 1. The van der Waals surface area contributed by atoms with Gasteiger partial charge in [-0.2, -0.15) is 0 Å². The van der Waals surface area contributed by atoms with Gasteiger partial charge in [-0.25, -0.2) is 10.4 Å². The van der Waals surface area contributed by atoms with Crippen LogP contribution in [0.4, 0.5) is 0 Å². The summed E-state index contributed by atoms with van der Waals surface area (Å²) in [4.78, 5) is 5.60. The Morgan fingerprint density at radius 1 is 1.26 bits per heavy atom. The van der Waals surface area contributed by atoms with E-state index in [1.807, 2.05) is 44.4 Å². The van der Waals surface area contributed by atoms with Crippen LogP contribution in [0.25, 0.3) is 10.4 Å². The summed E-state index contributed by atoms with van der Waals surface area (Å²) in [5.74, 6) is 0.908. The first-order valence-electron chi connectivity index (χ1n) is 6.28. The molecular formula is C14H19N3OS. The molecule has 0 amide bonds. The van der Waals surface area contributed by atoms with Gasteiger partial charge in [0, 0.05) is 20.3 Å². The van der Waals surface area contributed by atoms with E-state index < -0.39 is 0 Å². The first-order chi connectivity index (χ1) is 9.19. The number of nitrogens with zero attached hydrogens (tertiary/aromatic N) is 2. The van der Waals surface area contributed by atoms with E-state index in [9.17, 15) is 0 Å². The Labute approximate surface area is 118 Å². The molecule has 0 bridgehead atoms. The summed E-state index contributed by atoms with van der Waals surface area (Å²) < 4.78 is 5.44. The maximum absolute atomic E-state index is 5.44. The highest BCUT2D eigenvalue weighted by molar-refractivity contribution is 7.15. The minimum absolute atomic E-state index is 0.695. The molecule has 2 rings (SSSR count). The van der Waals surface area contributed by atoms with Crippen molar-refractivity contribution in [3.05, 3.63) is 35.5 Å². The van der Waals surface area contributed by atoms with Crippen molar-refractivity contribution in [1.29, 1.82) is 0 Å². The largest absolute Gasteiger partial charge is 0.494 e. The van der Waals surface area contributed by atoms with Crippen LogP contribution in [-0.4, -0.2) is 30.7 Å². The minimum atomic E-state index is 0.695. The van der Waals surface area contributed by atoms with E-state index in [-0.39, 0.29) is 0 Å². The first-order valence-corrected chi connectivity index (χ1v) is 7.09. The molecule has 1 aromatic carbocycles. The fourth-order valence-corrected chi connectivity index (χ4v) is 2.49. The van der Waals surface area contributed by atoms with Gasteiger partial charge in [0.25, 0.3) is 0 Å². The molecule has 1 aromatic heterocycles. The van der Waals surface area contributed by atoms with Crippen LogP contribution in [0.2, 0.25) is 0 Å². The average Bonchev–Trinajstić information content (AvgIpc) is 2.86. The number of nitrogens with one attached hydrogen (secondary N) is 1. The van der Waals surface area contributed by atoms with Gasteiger partial charge in [0.2, 0.25) is 0 Å². The van der Waals surface area contributed by atoms with E-state index in [1.54, 1.807) is 11.3 Å². The number of ether oxygens (including phenoxy) is 1. The summed E-state index contributed by atoms with van der Waals surface area (Å²) in [6.07, 6.45) is 1.92. The SMILES string of the molecule is CCOc1ccc(-c2cnc(CNN(C)C)s2)cc1. The molecule has 19 heavy (non-hydrogen) atoms. The van der Waals surface area contributed by atoms with Crippen LogP contribution in [0, 0.1) is 0 Å². The van der Waals surface area contributed by atoms with Gasteiger partial charge < -0.3 is 4.74 Å². The zero-order chi connectivity index (χ0) is 13.7. The molecule has 0 fully saturated rings. The number of hydrogen-bond acceptors (Lipinski definition) is 5. The molecule has 1 N–H and O–H groups in total. The van der Waals surface area contributed by atoms with Gasteiger partial charge in [-0.3, -0.25) is 5.01 Å². The lowest BCUT2D eigenvalue weighted by Crippen LogP contribution is -2.29. The topological polar surface area (TPSA) is 37.4 Å². The van der Waals surface area contributed by atoms with Crippen molar-refractivity contribution in [3.63, 3.8) is 0 Å². The Balaban J connectivity index is 2.05. The second-order valence-corrected chi connectivity index (χ2v) is 5.42. The van der Waals surface area contributed by atoms with Crippen LogP contribution < -0.4 is 10.2 Å². The highest BCUT2D eigenvalue weighted by Crippen LogP contribution is 2.27. The molecule has 102 valence electrons. The third-order valence-electron chi connectivity index (χ3n) is 2.55. The van der Waals surface area contributed by atoms with Gasteiger partial charge in [0.1, 0.15) is 10.8 Å². The second kappa shape index (κ2) is 6.65. The molecule has 0 aliphatic heterocycles. The average molecular weight is 277 g/mol. The fourth-order valence-electron chi connectivity index (χ4n) is 1.63. The van der Waals surface area contributed by atoms with Gasteiger partial charge in [-0.1, -0.05) is 0 Å². The molecule has 0 aliphatic rings. The van der Waals surface area contributed by atoms with Crippen LogP contribution in [0.3, 0.4) is 0 Å². The van der Waals surface area contributed by atoms with Crippen LogP contribution in [0.1, 0.15) is 11.9 Å². The van der Waals surface area contributed by atoms with E-state index >= 15 is 0 Å². The number of hydrogen-bond donors (Lipinski definition) is 1. The highest BCUT2D eigenvalue weighted by Gasteiger charge is 2.05. The Kier molecular flexibility index (Phi) is 4.90. The number of hydrazine groups is 1. The smallest absolute Gasteiger partial charge is 0.119 e. The van der Waals surface area contributed by atoms with Crippen molar-refractivity contribution >= 4 is 11.3 Å². The number of aromatic nitrogens is 1. The predicted molar refractivity (Wildman–Crippen MR) is 79.2 cm³/mol. The maximum atomic E-state index is 5.44. The van der Waals surface area contributed by atoms with Crippen molar-refractivity contribution in [3.8, 4) is 16.2 Å². The molecule has 5 heteroatoms. The standard InChI is InChI=1S/C14H19N3OS/c1-4-18-12-7-5-11(6-8-12)13-9-15-14(19-13)10-16-17(2)3/h5-9,16H,4,10H2,1-3H3. The third-order valence-corrected chi connectivity index (χ3v) is 3.60. The molecule has 2 aromatic rings. The van der Waals surface area contributed by atoms with E-state index in [4.69, 9.17) is 4.74 Å². The van der Waals surface area contributed by atoms with E-state index in [2.05, 4.69) is 22.5 Å². The lowest BCUT2D eigenvalue weighted by molar-refractivity contribution is 0.286. The molecule has 1 heterocycles. The van der Waals surface area contributed by atoms with Crippen molar-refractivity contribution in [2.24, 2.45) is 0 Å². The van der Waals surface area contributed by atoms with Crippen molar-refractivity contribution in [2.75, 3.05) is 20.7 Å². The van der Waals surface area contributed by atoms with E-state index in [1.165, 1.54) is 10.4 Å². The number of rotatable bonds is 6. The van der Waals surface area contributed by atoms with Crippen LogP contribution in [0.5, 0.6) is 5.75 Å². The van der Waals surface area contributed by atoms with Gasteiger partial charge in [-0.05, 0) is 36.8 Å². The quantitative estimate of drug-likeness (QED) is 0.824. The molecule has 0 radical (unpaired) electrons. The maximum Gasteiger partial charge on any atom is 0.119 e. The monoisotopic (exact) mass is 277 g/mol. The van der Waals surface area contributed by atoms with Gasteiger partial charge in [0.05, 0.1) is 18.0 Å². The normalized spacial score (nSPS) is 10.9. The van der Waals surface area contributed by atoms with Crippen molar-refractivity contribution < 1.29 is 4.74 Å². The molecule has 0 saturated carbocycles. The minimum Gasteiger partial charge on any atom is -0.494 e. The summed E-state index contributed by atoms with van der Waals surface area (Å²) in [5.41, 5.74) is 4.39. The van der Waals surface area contributed by atoms with Gasteiger partial charge in [0.15, 0.2) is 0 Å². The zero-order valence-electron chi connectivity index (χ0n) is 11.5. The highest BCUT2D eigenvalue weighted by atomic mass is 32.1. The summed E-state index contributed by atoms with van der Waals surface area (Å²) in [7, 11) is 3.95. The Morgan fingerprint density at radius 3 is 2.63 bits per heavy atom. The Bertz CT molecular complexity index is 508. The molecule has 0 saturated heterocycles. The molecule has 0 unspecified atom stereocenters. The molecule has 0 spiro atoms. The van der Waals surface area contributed by atoms with Crippen molar-refractivity contribution in [1.82, 2.24) is 15.4 Å². The second-order valence-electron chi connectivity index (χ2n) is 4.30. The molecule has 0 aliphatic carbocycles. The van der Waals surface area contributed by atoms with Gasteiger partial charge in [-0.15, -0.1) is 11.3 Å². The summed E-state index contributed by atoms with van der Waals surface area (Å²) in [5, 5.41) is 3.01. The fraction of sp³-hybridized carbons (Fsp3) is 0.357. The Hall–Kier alpha value is -1.43. The summed E-state index contributed by atoms with van der Waals surface area (Å²) in [6.45, 7) is 3.44. The Morgan fingerprint density at radius 2 is 2.00 bits per heavy atom. The molecular weight excluding hydrogens is 258 g/mol. The molecule has 4 nitrogen and oxygen atoms in total. The summed E-state index contributed by atoms with van der Waals surface area (Å²) in [6, 6.07) is 8.13. The number of benzene rings is 1. The first kappa shape index (κ1) is 14.0. The van der Waals surface area contributed by atoms with Crippen molar-refractivity contribution in [2.45, 2.75) is 13.5 Å².